The van der Waals surface area contributed by atoms with E-state index in [9.17, 15) is 8.78 Å². The maximum atomic E-state index is 14.1. The Morgan fingerprint density at radius 1 is 1.09 bits per heavy atom. The van der Waals surface area contributed by atoms with Gasteiger partial charge in [0.05, 0.1) is 5.52 Å². The minimum absolute atomic E-state index is 0.141. The maximum Gasteiger partial charge on any atom is 0.147 e. The van der Waals surface area contributed by atoms with Gasteiger partial charge in [-0.1, -0.05) is 18.2 Å². The number of fused-ring (bicyclic) bond motifs is 1. The first-order valence-corrected chi connectivity index (χ1v) is 7.22. The van der Waals surface area contributed by atoms with E-state index in [1.54, 1.807) is 18.2 Å². The summed E-state index contributed by atoms with van der Waals surface area (Å²) in [6.07, 6.45) is 1.90. The Morgan fingerprint density at radius 2 is 1.86 bits per heavy atom. The topological polar surface area (TPSA) is 14.2 Å². The van der Waals surface area contributed by atoms with Crippen molar-refractivity contribution >= 4 is 10.9 Å². The molecule has 1 aromatic heterocycles. The molecule has 0 bridgehead atoms. The van der Waals surface area contributed by atoms with Crippen LogP contribution in [0.2, 0.25) is 0 Å². The summed E-state index contributed by atoms with van der Waals surface area (Å²) in [5.41, 5.74) is 1.46. The van der Waals surface area contributed by atoms with Crippen molar-refractivity contribution in [1.82, 2.24) is 4.57 Å². The number of para-hydroxylation sites is 1. The normalized spacial score (nSPS) is 11.3. The molecule has 0 atom stereocenters. The quantitative estimate of drug-likeness (QED) is 0.655. The Bertz CT molecular complexity index is 808. The van der Waals surface area contributed by atoms with Gasteiger partial charge in [-0.2, -0.15) is 0 Å². The van der Waals surface area contributed by atoms with Gasteiger partial charge in [-0.15, -0.1) is 0 Å². The van der Waals surface area contributed by atoms with Crippen LogP contribution < -0.4 is 4.74 Å². The summed E-state index contributed by atoms with van der Waals surface area (Å²) in [5, 5.41) is 0.824. The highest BCUT2D eigenvalue weighted by molar-refractivity contribution is 5.84. The Morgan fingerprint density at radius 3 is 2.59 bits per heavy atom. The predicted molar refractivity (Wildman–Crippen MR) is 83.0 cm³/mol. The molecule has 1 heterocycles. The first kappa shape index (κ1) is 14.6. The van der Waals surface area contributed by atoms with Gasteiger partial charge in [-0.3, -0.25) is 0 Å². The SMILES string of the molecule is CC(C)n1cc(COc2cccc(F)c2)c2cccc(F)c21. The standard InChI is InChI=1S/C18H17F2NO/c1-12(2)21-10-13(16-7-4-8-17(20)18(16)21)11-22-15-6-3-5-14(19)9-15/h3-10,12H,11H2,1-2H3. The summed E-state index contributed by atoms with van der Waals surface area (Å²) < 4.78 is 34.8. The molecular weight excluding hydrogens is 284 g/mol. The zero-order valence-electron chi connectivity index (χ0n) is 12.5. The zero-order chi connectivity index (χ0) is 15.7. The van der Waals surface area contributed by atoms with Crippen LogP contribution in [0.5, 0.6) is 5.75 Å². The number of aromatic nitrogens is 1. The van der Waals surface area contributed by atoms with E-state index in [0.29, 0.717) is 11.3 Å². The van der Waals surface area contributed by atoms with Crippen molar-refractivity contribution in [2.45, 2.75) is 26.5 Å². The highest BCUT2D eigenvalue weighted by atomic mass is 19.1. The molecule has 0 aliphatic heterocycles. The molecule has 0 N–H and O–H groups in total. The number of rotatable bonds is 4. The van der Waals surface area contributed by atoms with Gasteiger partial charge in [0.25, 0.3) is 0 Å². The lowest BCUT2D eigenvalue weighted by Crippen LogP contribution is -2.00. The first-order valence-electron chi connectivity index (χ1n) is 7.22. The molecule has 3 rings (SSSR count). The highest BCUT2D eigenvalue weighted by Gasteiger charge is 2.14. The van der Waals surface area contributed by atoms with E-state index in [4.69, 9.17) is 4.74 Å². The molecule has 0 spiro atoms. The summed E-state index contributed by atoms with van der Waals surface area (Å²) in [6.45, 7) is 4.27. The number of nitrogens with zero attached hydrogens (tertiary/aromatic N) is 1. The second-order valence-electron chi connectivity index (χ2n) is 5.54. The molecule has 0 aliphatic carbocycles. The van der Waals surface area contributed by atoms with Gasteiger partial charge in [0.15, 0.2) is 0 Å². The molecule has 4 heteroatoms. The molecular formula is C18H17F2NO. The van der Waals surface area contributed by atoms with Crippen molar-refractivity contribution in [2.75, 3.05) is 0 Å². The Hall–Kier alpha value is -2.36. The molecule has 114 valence electrons. The zero-order valence-corrected chi connectivity index (χ0v) is 12.5. The fraction of sp³-hybridized carbons (Fsp3) is 0.222. The van der Waals surface area contributed by atoms with E-state index in [2.05, 4.69) is 0 Å². The second kappa shape index (κ2) is 5.79. The summed E-state index contributed by atoms with van der Waals surface area (Å²) in [7, 11) is 0. The third-order valence-electron chi connectivity index (χ3n) is 3.63. The molecule has 0 unspecified atom stereocenters. The lowest BCUT2D eigenvalue weighted by Gasteiger charge is -2.09. The molecule has 2 aromatic carbocycles. The van der Waals surface area contributed by atoms with E-state index in [0.717, 1.165) is 10.9 Å². The summed E-state index contributed by atoms with van der Waals surface area (Å²) in [6, 6.07) is 11.2. The van der Waals surface area contributed by atoms with Crippen LogP contribution >= 0.6 is 0 Å². The van der Waals surface area contributed by atoms with Crippen LogP contribution in [0.1, 0.15) is 25.5 Å². The monoisotopic (exact) mass is 301 g/mol. The van der Waals surface area contributed by atoms with Gasteiger partial charge in [0, 0.05) is 29.3 Å². The van der Waals surface area contributed by atoms with Gasteiger partial charge >= 0.3 is 0 Å². The van der Waals surface area contributed by atoms with E-state index < -0.39 is 0 Å². The van der Waals surface area contributed by atoms with Crippen molar-refractivity contribution in [3.63, 3.8) is 0 Å². The fourth-order valence-corrected chi connectivity index (χ4v) is 2.58. The third kappa shape index (κ3) is 2.69. The molecule has 0 saturated carbocycles. The molecule has 2 nitrogen and oxygen atoms in total. The lowest BCUT2D eigenvalue weighted by molar-refractivity contribution is 0.305. The Labute approximate surface area is 127 Å². The van der Waals surface area contributed by atoms with Crippen molar-refractivity contribution in [3.8, 4) is 5.75 Å². The van der Waals surface area contributed by atoms with Crippen LogP contribution in [0.4, 0.5) is 8.78 Å². The van der Waals surface area contributed by atoms with Crippen LogP contribution in [0, 0.1) is 11.6 Å². The van der Waals surface area contributed by atoms with Crippen LogP contribution in [-0.4, -0.2) is 4.57 Å². The smallest absolute Gasteiger partial charge is 0.147 e. The molecule has 0 amide bonds. The third-order valence-corrected chi connectivity index (χ3v) is 3.63. The second-order valence-corrected chi connectivity index (χ2v) is 5.54. The van der Waals surface area contributed by atoms with Crippen LogP contribution in [0.3, 0.4) is 0 Å². The fourth-order valence-electron chi connectivity index (χ4n) is 2.58. The van der Waals surface area contributed by atoms with Crippen molar-refractivity contribution < 1.29 is 13.5 Å². The number of hydrogen-bond acceptors (Lipinski definition) is 1. The lowest BCUT2D eigenvalue weighted by atomic mass is 10.2. The number of benzene rings is 2. The summed E-state index contributed by atoms with van der Waals surface area (Å²) in [5.74, 6) is -0.127. The van der Waals surface area contributed by atoms with Crippen LogP contribution in [-0.2, 0) is 6.61 Å². The van der Waals surface area contributed by atoms with Crippen molar-refractivity contribution in [3.05, 3.63) is 65.9 Å². The van der Waals surface area contributed by atoms with Gasteiger partial charge < -0.3 is 9.30 Å². The summed E-state index contributed by atoms with van der Waals surface area (Å²) in [4.78, 5) is 0. The molecule has 22 heavy (non-hydrogen) atoms. The van der Waals surface area contributed by atoms with Gasteiger partial charge in [-0.05, 0) is 32.0 Å². The Kier molecular flexibility index (Phi) is 3.84. The highest BCUT2D eigenvalue weighted by Crippen LogP contribution is 2.28. The predicted octanol–water partition coefficient (Wildman–Crippen LogP) is 5.08. The average molecular weight is 301 g/mol. The maximum absolute atomic E-state index is 14.1. The Balaban J connectivity index is 1.96. The minimum atomic E-state index is -0.340. The van der Waals surface area contributed by atoms with E-state index in [1.165, 1.54) is 18.2 Å². The molecule has 3 aromatic rings. The number of halogens is 2. The molecule has 0 fully saturated rings. The average Bonchev–Trinajstić information content (AvgIpc) is 2.86. The van der Waals surface area contributed by atoms with Gasteiger partial charge in [-0.25, -0.2) is 8.78 Å². The first-order chi connectivity index (χ1) is 10.6. The molecule has 0 aliphatic rings. The van der Waals surface area contributed by atoms with Gasteiger partial charge in [0.2, 0.25) is 0 Å². The van der Waals surface area contributed by atoms with Crippen molar-refractivity contribution in [2.24, 2.45) is 0 Å². The van der Waals surface area contributed by atoms with Crippen molar-refractivity contribution in [1.29, 1.82) is 0 Å². The van der Waals surface area contributed by atoms with E-state index in [-0.39, 0.29) is 24.3 Å². The largest absolute Gasteiger partial charge is 0.489 e. The van der Waals surface area contributed by atoms with Crippen LogP contribution in [0.25, 0.3) is 10.9 Å². The van der Waals surface area contributed by atoms with E-state index in [1.807, 2.05) is 30.7 Å². The van der Waals surface area contributed by atoms with Gasteiger partial charge in [0.1, 0.15) is 24.0 Å². The molecule has 0 radical (unpaired) electrons. The van der Waals surface area contributed by atoms with E-state index >= 15 is 0 Å². The summed E-state index contributed by atoms with van der Waals surface area (Å²) >= 11 is 0. The molecule has 0 saturated heterocycles. The minimum Gasteiger partial charge on any atom is -0.489 e. The number of ether oxygens (including phenoxy) is 1. The van der Waals surface area contributed by atoms with Crippen LogP contribution in [0.15, 0.2) is 48.7 Å². The number of hydrogen-bond donors (Lipinski definition) is 0.